The van der Waals surface area contributed by atoms with E-state index >= 15 is 0 Å². The Labute approximate surface area is 123 Å². The van der Waals surface area contributed by atoms with E-state index in [1.54, 1.807) is 18.5 Å². The maximum absolute atomic E-state index is 12.5. The van der Waals surface area contributed by atoms with Crippen LogP contribution in [0.5, 0.6) is 5.75 Å². The fraction of sp³-hybridized carbons (Fsp3) is 0.333. The SMILES string of the molecule is COc1cc(N)ccc1S(=O)(=O)NC(C)c1nncn1C. The van der Waals surface area contributed by atoms with Gasteiger partial charge in [0.25, 0.3) is 0 Å². The van der Waals surface area contributed by atoms with Crippen LogP contribution < -0.4 is 15.2 Å². The number of aromatic nitrogens is 3. The average molecular weight is 311 g/mol. The molecule has 0 saturated heterocycles. The first-order valence-corrected chi connectivity index (χ1v) is 7.63. The summed E-state index contributed by atoms with van der Waals surface area (Å²) in [5.41, 5.74) is 6.05. The molecule has 1 unspecified atom stereocenters. The van der Waals surface area contributed by atoms with Crippen LogP contribution in [0.4, 0.5) is 5.69 Å². The zero-order valence-corrected chi connectivity index (χ0v) is 12.8. The monoisotopic (exact) mass is 311 g/mol. The molecule has 0 aliphatic rings. The maximum atomic E-state index is 12.5. The number of nitrogen functional groups attached to an aromatic ring is 1. The number of aryl methyl sites for hydroxylation is 1. The molecule has 1 aromatic carbocycles. The van der Waals surface area contributed by atoms with Crippen LogP contribution in [0.25, 0.3) is 0 Å². The van der Waals surface area contributed by atoms with Crippen molar-refractivity contribution in [1.82, 2.24) is 19.5 Å². The number of nitrogens with one attached hydrogen (secondary N) is 1. The second-order valence-corrected chi connectivity index (χ2v) is 6.24. The number of hydrogen-bond acceptors (Lipinski definition) is 6. The predicted octanol–water partition coefficient (Wildman–Crippen LogP) is 0.445. The molecule has 1 aromatic heterocycles. The summed E-state index contributed by atoms with van der Waals surface area (Å²) in [6, 6.07) is 3.83. The van der Waals surface area contributed by atoms with Crippen LogP contribution in [-0.2, 0) is 17.1 Å². The van der Waals surface area contributed by atoms with Gasteiger partial charge < -0.3 is 15.0 Å². The maximum Gasteiger partial charge on any atom is 0.244 e. The summed E-state index contributed by atoms with van der Waals surface area (Å²) < 4.78 is 34.2. The molecule has 0 spiro atoms. The minimum Gasteiger partial charge on any atom is -0.495 e. The third-order valence-corrected chi connectivity index (χ3v) is 4.52. The van der Waals surface area contributed by atoms with Gasteiger partial charge in [-0.1, -0.05) is 0 Å². The number of ether oxygens (including phenoxy) is 1. The Morgan fingerprint density at radius 3 is 2.71 bits per heavy atom. The van der Waals surface area contributed by atoms with Crippen molar-refractivity contribution >= 4 is 15.7 Å². The molecular weight excluding hydrogens is 294 g/mol. The Bertz CT molecular complexity index is 741. The molecular formula is C12H17N5O3S. The number of nitrogens with zero attached hydrogens (tertiary/aromatic N) is 3. The highest BCUT2D eigenvalue weighted by Crippen LogP contribution is 2.27. The third kappa shape index (κ3) is 3.14. The van der Waals surface area contributed by atoms with Crippen LogP contribution in [0, 0.1) is 0 Å². The Balaban J connectivity index is 2.33. The van der Waals surface area contributed by atoms with E-state index < -0.39 is 16.1 Å². The lowest BCUT2D eigenvalue weighted by Crippen LogP contribution is -2.29. The van der Waals surface area contributed by atoms with Crippen molar-refractivity contribution in [3.63, 3.8) is 0 Å². The van der Waals surface area contributed by atoms with Gasteiger partial charge in [-0.3, -0.25) is 0 Å². The van der Waals surface area contributed by atoms with Crippen LogP contribution in [0.2, 0.25) is 0 Å². The average Bonchev–Trinajstić information content (AvgIpc) is 2.84. The molecule has 0 aliphatic heterocycles. The standard InChI is InChI=1S/C12H17N5O3S/c1-8(12-15-14-7-17(12)2)16-21(18,19)11-5-4-9(13)6-10(11)20-3/h4-8,16H,13H2,1-3H3. The topological polar surface area (TPSA) is 112 Å². The van der Waals surface area contributed by atoms with Crippen LogP contribution in [0.15, 0.2) is 29.4 Å². The molecule has 1 atom stereocenters. The summed E-state index contributed by atoms with van der Waals surface area (Å²) in [6.07, 6.45) is 1.50. The predicted molar refractivity (Wildman–Crippen MR) is 77.1 cm³/mol. The van der Waals surface area contributed by atoms with Gasteiger partial charge in [-0.25, -0.2) is 13.1 Å². The van der Waals surface area contributed by atoms with Crippen LogP contribution in [0.3, 0.4) is 0 Å². The summed E-state index contributed by atoms with van der Waals surface area (Å²) >= 11 is 0. The molecule has 1 heterocycles. The second-order valence-electron chi connectivity index (χ2n) is 4.55. The fourth-order valence-electron chi connectivity index (χ4n) is 1.94. The molecule has 21 heavy (non-hydrogen) atoms. The lowest BCUT2D eigenvalue weighted by atomic mass is 10.3. The number of anilines is 1. The summed E-state index contributed by atoms with van der Waals surface area (Å²) in [5.74, 6) is 0.695. The van der Waals surface area contributed by atoms with E-state index in [0.717, 1.165) is 0 Å². The van der Waals surface area contributed by atoms with Crippen molar-refractivity contribution in [3.05, 3.63) is 30.4 Å². The molecule has 2 aromatic rings. The number of rotatable bonds is 5. The second kappa shape index (κ2) is 5.70. The molecule has 0 amide bonds. The van der Waals surface area contributed by atoms with E-state index in [9.17, 15) is 8.42 Å². The van der Waals surface area contributed by atoms with Gasteiger partial charge in [0, 0.05) is 18.8 Å². The lowest BCUT2D eigenvalue weighted by Gasteiger charge is -2.15. The minimum absolute atomic E-state index is 0.0215. The van der Waals surface area contributed by atoms with E-state index in [0.29, 0.717) is 11.5 Å². The van der Waals surface area contributed by atoms with Gasteiger partial charge >= 0.3 is 0 Å². The Morgan fingerprint density at radius 1 is 1.43 bits per heavy atom. The first-order valence-electron chi connectivity index (χ1n) is 6.15. The van der Waals surface area contributed by atoms with Gasteiger partial charge in [0.1, 0.15) is 22.8 Å². The smallest absolute Gasteiger partial charge is 0.244 e. The van der Waals surface area contributed by atoms with Crippen LogP contribution >= 0.6 is 0 Å². The molecule has 9 heteroatoms. The fourth-order valence-corrected chi connectivity index (χ4v) is 3.29. The van der Waals surface area contributed by atoms with Crippen molar-refractivity contribution in [3.8, 4) is 5.75 Å². The van der Waals surface area contributed by atoms with Crippen molar-refractivity contribution in [2.45, 2.75) is 17.9 Å². The highest BCUT2D eigenvalue weighted by atomic mass is 32.2. The van der Waals surface area contributed by atoms with Crippen LogP contribution in [0.1, 0.15) is 18.8 Å². The van der Waals surface area contributed by atoms with E-state index in [2.05, 4.69) is 14.9 Å². The van der Waals surface area contributed by atoms with E-state index in [4.69, 9.17) is 10.5 Å². The Hall–Kier alpha value is -2.13. The molecule has 114 valence electrons. The molecule has 2 rings (SSSR count). The molecule has 0 radical (unpaired) electrons. The number of methoxy groups -OCH3 is 1. The van der Waals surface area contributed by atoms with E-state index in [1.165, 1.54) is 31.6 Å². The zero-order chi connectivity index (χ0) is 15.6. The van der Waals surface area contributed by atoms with E-state index in [1.807, 2.05) is 0 Å². The van der Waals surface area contributed by atoms with Crippen molar-refractivity contribution in [2.75, 3.05) is 12.8 Å². The summed E-state index contributed by atoms with van der Waals surface area (Å²) in [6.45, 7) is 1.69. The highest BCUT2D eigenvalue weighted by molar-refractivity contribution is 7.89. The third-order valence-electron chi connectivity index (χ3n) is 2.94. The van der Waals surface area contributed by atoms with Crippen molar-refractivity contribution < 1.29 is 13.2 Å². The quantitative estimate of drug-likeness (QED) is 0.775. The molecule has 3 N–H and O–H groups in total. The van der Waals surface area contributed by atoms with Crippen molar-refractivity contribution in [2.24, 2.45) is 7.05 Å². The largest absolute Gasteiger partial charge is 0.495 e. The summed E-state index contributed by atoms with van der Waals surface area (Å²) in [4.78, 5) is 0.0215. The number of benzene rings is 1. The van der Waals surface area contributed by atoms with E-state index in [-0.39, 0.29) is 10.6 Å². The first kappa shape index (κ1) is 15.3. The number of nitrogens with two attached hydrogens (primary N) is 1. The molecule has 0 aliphatic carbocycles. The van der Waals surface area contributed by atoms with Crippen molar-refractivity contribution in [1.29, 1.82) is 0 Å². The van der Waals surface area contributed by atoms with Gasteiger partial charge in [0.15, 0.2) is 0 Å². The normalized spacial score (nSPS) is 13.1. The number of hydrogen-bond donors (Lipinski definition) is 2. The molecule has 8 nitrogen and oxygen atoms in total. The zero-order valence-electron chi connectivity index (χ0n) is 11.9. The Morgan fingerprint density at radius 2 is 2.14 bits per heavy atom. The lowest BCUT2D eigenvalue weighted by molar-refractivity contribution is 0.402. The van der Waals surface area contributed by atoms with Gasteiger partial charge in [0.05, 0.1) is 13.2 Å². The minimum atomic E-state index is -3.77. The van der Waals surface area contributed by atoms with Crippen LogP contribution in [-0.4, -0.2) is 30.3 Å². The summed E-state index contributed by atoms with van der Waals surface area (Å²) in [7, 11) is -0.645. The summed E-state index contributed by atoms with van der Waals surface area (Å²) in [5, 5.41) is 7.61. The highest BCUT2D eigenvalue weighted by Gasteiger charge is 2.24. The van der Waals surface area contributed by atoms with Gasteiger partial charge in [-0.05, 0) is 19.1 Å². The number of sulfonamides is 1. The molecule has 0 saturated carbocycles. The van der Waals surface area contributed by atoms with Gasteiger partial charge in [-0.15, -0.1) is 10.2 Å². The Kier molecular flexibility index (Phi) is 4.14. The molecule has 0 bridgehead atoms. The molecule has 0 fully saturated rings. The van der Waals surface area contributed by atoms with Gasteiger partial charge in [0.2, 0.25) is 10.0 Å². The van der Waals surface area contributed by atoms with Gasteiger partial charge in [-0.2, -0.15) is 0 Å². The first-order chi connectivity index (χ1) is 9.85.